The normalized spacial score (nSPS) is 11.2. The Morgan fingerprint density at radius 1 is 0.885 bits per heavy atom. The number of hydrogen-bond donors (Lipinski definition) is 0. The number of thioether (sulfide) groups is 2. The van der Waals surface area contributed by atoms with Crippen LogP contribution in [0.25, 0.3) is 20.4 Å². The highest BCUT2D eigenvalue weighted by atomic mass is 32.2. The highest BCUT2D eigenvalue weighted by molar-refractivity contribution is 8.02. The first kappa shape index (κ1) is 19.4. The second-order valence-electron chi connectivity index (χ2n) is 4.93. The molecule has 138 valence electrons. The summed E-state index contributed by atoms with van der Waals surface area (Å²) < 4.78 is 13.6. The zero-order chi connectivity index (χ0) is 18.5. The van der Waals surface area contributed by atoms with Crippen molar-refractivity contribution in [1.82, 2.24) is 9.97 Å². The Balaban J connectivity index is 1.71. The number of carbonyl (C=O) groups excluding carboxylic acids is 2. The minimum atomic E-state index is -0.234. The molecule has 0 atom stereocenters. The first-order chi connectivity index (χ1) is 12.6. The number of hydrogen-bond acceptors (Lipinski definition) is 10. The van der Waals surface area contributed by atoms with E-state index >= 15 is 0 Å². The maximum atomic E-state index is 11.5. The van der Waals surface area contributed by atoms with Crippen molar-refractivity contribution in [2.24, 2.45) is 0 Å². The van der Waals surface area contributed by atoms with Crippen molar-refractivity contribution in [1.29, 1.82) is 0 Å². The van der Waals surface area contributed by atoms with Crippen molar-refractivity contribution in [3.05, 3.63) is 12.1 Å². The van der Waals surface area contributed by atoms with Gasteiger partial charge in [-0.25, -0.2) is 9.97 Å². The van der Waals surface area contributed by atoms with Crippen molar-refractivity contribution in [2.45, 2.75) is 22.5 Å². The first-order valence-corrected chi connectivity index (χ1v) is 11.5. The third-order valence-electron chi connectivity index (χ3n) is 3.10. The number of benzene rings is 1. The summed E-state index contributed by atoms with van der Waals surface area (Å²) in [6, 6.07) is 4.00. The van der Waals surface area contributed by atoms with Crippen LogP contribution in [0.5, 0.6) is 0 Å². The molecule has 1 aromatic carbocycles. The molecule has 0 saturated heterocycles. The van der Waals surface area contributed by atoms with Crippen molar-refractivity contribution in [3.63, 3.8) is 0 Å². The molecule has 3 rings (SSSR count). The maximum absolute atomic E-state index is 11.5. The Hall–Kier alpha value is -1.36. The highest BCUT2D eigenvalue weighted by Crippen LogP contribution is 2.36. The Morgan fingerprint density at radius 2 is 1.35 bits per heavy atom. The van der Waals surface area contributed by atoms with Gasteiger partial charge in [0.15, 0.2) is 8.68 Å². The second-order valence-corrected chi connectivity index (χ2v) is 9.44. The molecule has 3 aromatic rings. The molecule has 2 aromatic heterocycles. The van der Waals surface area contributed by atoms with Gasteiger partial charge >= 0.3 is 11.9 Å². The minimum Gasteiger partial charge on any atom is -0.465 e. The van der Waals surface area contributed by atoms with E-state index in [-0.39, 0.29) is 23.4 Å². The monoisotopic (exact) mass is 428 g/mol. The number of ether oxygens (including phenoxy) is 2. The van der Waals surface area contributed by atoms with E-state index in [2.05, 4.69) is 16.0 Å². The van der Waals surface area contributed by atoms with Crippen LogP contribution in [0.3, 0.4) is 0 Å². The average Bonchev–Trinajstić information content (AvgIpc) is 3.18. The van der Waals surface area contributed by atoms with Gasteiger partial charge in [0.1, 0.15) is 0 Å². The topological polar surface area (TPSA) is 78.4 Å². The molecule has 0 spiro atoms. The van der Waals surface area contributed by atoms with Gasteiger partial charge in [0.05, 0.1) is 45.2 Å². The molecule has 0 aliphatic heterocycles. The Labute approximate surface area is 166 Å². The number of rotatable bonds is 8. The van der Waals surface area contributed by atoms with E-state index in [1.807, 2.05) is 6.07 Å². The first-order valence-electron chi connectivity index (χ1n) is 7.87. The van der Waals surface area contributed by atoms with Gasteiger partial charge in [-0.15, -0.1) is 22.7 Å². The summed E-state index contributed by atoms with van der Waals surface area (Å²) in [4.78, 5) is 32.0. The van der Waals surface area contributed by atoms with Crippen LogP contribution >= 0.6 is 46.2 Å². The quantitative estimate of drug-likeness (QED) is 0.390. The predicted octanol–water partition coefficient (Wildman–Crippen LogP) is 4.22. The minimum absolute atomic E-state index is 0.234. The molecule has 2 heterocycles. The molecule has 0 bridgehead atoms. The van der Waals surface area contributed by atoms with E-state index in [1.54, 1.807) is 36.5 Å². The van der Waals surface area contributed by atoms with Gasteiger partial charge in [-0.2, -0.15) is 0 Å². The lowest BCUT2D eigenvalue weighted by Crippen LogP contribution is -2.06. The molecule has 10 heteroatoms. The van der Waals surface area contributed by atoms with Crippen molar-refractivity contribution in [2.75, 3.05) is 24.7 Å². The number of carbonyl (C=O) groups is 2. The standard InChI is InChI=1S/C16H16N2O4S4/c1-3-21-13(19)7-23-15-17-9-5-10-12(6-11(9)25-15)26-16(18-10)24-8-14(20)22-4-2/h5-6H,3-4,7-8H2,1-2H3. The fourth-order valence-electron chi connectivity index (χ4n) is 2.08. The summed E-state index contributed by atoms with van der Waals surface area (Å²) in [6.07, 6.45) is 0. The zero-order valence-corrected chi connectivity index (χ0v) is 17.4. The third-order valence-corrected chi connectivity index (χ3v) is 7.37. The molecule has 26 heavy (non-hydrogen) atoms. The Morgan fingerprint density at radius 3 is 1.77 bits per heavy atom. The van der Waals surface area contributed by atoms with Gasteiger partial charge in [0.2, 0.25) is 0 Å². The van der Waals surface area contributed by atoms with Crippen LogP contribution in [0, 0.1) is 0 Å². The third kappa shape index (κ3) is 4.87. The summed E-state index contributed by atoms with van der Waals surface area (Å²) in [7, 11) is 0. The molecule has 0 aliphatic carbocycles. The van der Waals surface area contributed by atoms with Crippen LogP contribution in [0.1, 0.15) is 13.8 Å². The summed E-state index contributed by atoms with van der Waals surface area (Å²) in [5, 5.41) is 0. The van der Waals surface area contributed by atoms with Crippen molar-refractivity contribution < 1.29 is 19.1 Å². The number of esters is 2. The van der Waals surface area contributed by atoms with Crippen molar-refractivity contribution in [3.8, 4) is 0 Å². The van der Waals surface area contributed by atoms with E-state index in [9.17, 15) is 9.59 Å². The predicted molar refractivity (Wildman–Crippen MR) is 108 cm³/mol. The van der Waals surface area contributed by atoms with Crippen LogP contribution < -0.4 is 0 Å². The van der Waals surface area contributed by atoms with Crippen LogP contribution in [-0.2, 0) is 19.1 Å². The van der Waals surface area contributed by atoms with Gasteiger partial charge in [-0.05, 0) is 26.0 Å². The summed E-state index contributed by atoms with van der Waals surface area (Å²) in [5.41, 5.74) is 1.72. The SMILES string of the molecule is CCOC(=O)CSc1nc2cc3nc(SCC(=O)OCC)sc3cc2s1. The molecule has 0 aliphatic rings. The molecular formula is C16H16N2O4S4. The lowest BCUT2D eigenvalue weighted by molar-refractivity contribution is -0.140. The number of nitrogens with zero attached hydrogens (tertiary/aromatic N) is 2. The molecule has 6 nitrogen and oxygen atoms in total. The van der Waals surface area contributed by atoms with E-state index in [1.165, 1.54) is 23.5 Å². The van der Waals surface area contributed by atoms with Gasteiger partial charge in [-0.1, -0.05) is 23.5 Å². The summed E-state index contributed by atoms with van der Waals surface area (Å²) in [6.45, 7) is 4.36. The van der Waals surface area contributed by atoms with E-state index in [4.69, 9.17) is 9.47 Å². The van der Waals surface area contributed by atoms with Crippen LogP contribution in [0.15, 0.2) is 20.8 Å². The second kappa shape index (κ2) is 9.03. The van der Waals surface area contributed by atoms with E-state index in [0.717, 1.165) is 29.1 Å². The highest BCUT2D eigenvalue weighted by Gasteiger charge is 2.13. The maximum Gasteiger partial charge on any atom is 0.316 e. The molecule has 0 fully saturated rings. The van der Waals surface area contributed by atoms with Crippen LogP contribution in [0.2, 0.25) is 0 Å². The molecule has 0 N–H and O–H groups in total. The number of thiazole rings is 2. The van der Waals surface area contributed by atoms with Gasteiger partial charge in [-0.3, -0.25) is 9.59 Å². The largest absolute Gasteiger partial charge is 0.465 e. The molecule has 0 amide bonds. The van der Waals surface area contributed by atoms with Gasteiger partial charge in [0, 0.05) is 0 Å². The fourth-order valence-corrected chi connectivity index (χ4v) is 5.93. The lowest BCUT2D eigenvalue weighted by atomic mass is 10.3. The van der Waals surface area contributed by atoms with Crippen molar-refractivity contribution >= 4 is 78.6 Å². The zero-order valence-electron chi connectivity index (χ0n) is 14.1. The molecule has 0 radical (unpaired) electrons. The molecule has 0 unspecified atom stereocenters. The average molecular weight is 429 g/mol. The van der Waals surface area contributed by atoms with Crippen LogP contribution in [-0.4, -0.2) is 46.6 Å². The summed E-state index contributed by atoms with van der Waals surface area (Å²) >= 11 is 5.86. The smallest absolute Gasteiger partial charge is 0.316 e. The fraction of sp³-hybridized carbons (Fsp3) is 0.375. The van der Waals surface area contributed by atoms with E-state index in [0.29, 0.717) is 13.2 Å². The Bertz CT molecular complexity index is 814. The van der Waals surface area contributed by atoms with Gasteiger partial charge in [0.25, 0.3) is 0 Å². The van der Waals surface area contributed by atoms with Crippen LogP contribution in [0.4, 0.5) is 0 Å². The van der Waals surface area contributed by atoms with E-state index < -0.39 is 0 Å². The molecule has 0 saturated carbocycles. The molecular weight excluding hydrogens is 412 g/mol. The van der Waals surface area contributed by atoms with Gasteiger partial charge < -0.3 is 9.47 Å². The lowest BCUT2D eigenvalue weighted by Gasteiger charge is -1.98. The number of aromatic nitrogens is 2. The number of fused-ring (bicyclic) bond motifs is 2. The Kier molecular flexibility index (Phi) is 6.74. The summed E-state index contributed by atoms with van der Waals surface area (Å²) in [5.74, 6) is 0.0504.